The first-order valence-electron chi connectivity index (χ1n) is 4.58. The van der Waals surface area contributed by atoms with Crippen LogP contribution in [0.25, 0.3) is 0 Å². The summed E-state index contributed by atoms with van der Waals surface area (Å²) in [4.78, 5) is 10.4. The highest BCUT2D eigenvalue weighted by molar-refractivity contribution is 6.29. The van der Waals surface area contributed by atoms with Crippen LogP contribution in [0, 0.1) is 0 Å². The molecule has 0 unspecified atom stereocenters. The van der Waals surface area contributed by atoms with Crippen LogP contribution in [0.3, 0.4) is 0 Å². The first-order chi connectivity index (χ1) is 6.50. The van der Waals surface area contributed by atoms with Crippen molar-refractivity contribution in [3.63, 3.8) is 0 Å². The van der Waals surface area contributed by atoms with Gasteiger partial charge in [0.1, 0.15) is 5.15 Å². The molecule has 0 aliphatic carbocycles. The van der Waals surface area contributed by atoms with E-state index in [0.29, 0.717) is 17.6 Å². The highest BCUT2D eigenvalue weighted by Gasteiger charge is 2.07. The Morgan fingerprint density at radius 1 is 1.64 bits per heavy atom. The number of carboxylic acids is 1. The fourth-order valence-corrected chi connectivity index (χ4v) is 1.67. The van der Waals surface area contributed by atoms with Gasteiger partial charge in [-0.3, -0.25) is 4.79 Å². The van der Waals surface area contributed by atoms with Crippen LogP contribution in [-0.4, -0.2) is 15.6 Å². The van der Waals surface area contributed by atoms with E-state index < -0.39 is 5.97 Å². The Hall–Kier alpha value is -0.960. The van der Waals surface area contributed by atoms with Gasteiger partial charge in [0.05, 0.1) is 0 Å². The van der Waals surface area contributed by atoms with Crippen molar-refractivity contribution in [3.05, 3.63) is 23.0 Å². The molecule has 0 bridgehead atoms. The van der Waals surface area contributed by atoms with Crippen LogP contribution in [0.5, 0.6) is 0 Å². The molecule has 0 fully saturated rings. The zero-order valence-electron chi connectivity index (χ0n) is 8.33. The summed E-state index contributed by atoms with van der Waals surface area (Å²) in [5, 5.41) is 9.19. The number of aryl methyl sites for hydroxylation is 1. The quantitative estimate of drug-likeness (QED) is 0.839. The van der Waals surface area contributed by atoms with Crippen molar-refractivity contribution in [1.29, 1.82) is 0 Å². The Kier molecular flexibility index (Phi) is 3.58. The molecule has 14 heavy (non-hydrogen) atoms. The first-order valence-corrected chi connectivity index (χ1v) is 4.96. The lowest BCUT2D eigenvalue weighted by molar-refractivity contribution is -0.136. The van der Waals surface area contributed by atoms with Crippen molar-refractivity contribution in [2.45, 2.75) is 32.7 Å². The molecule has 1 aromatic rings. The zero-order chi connectivity index (χ0) is 10.7. The lowest BCUT2D eigenvalue weighted by Crippen LogP contribution is -1.99. The third kappa shape index (κ3) is 2.77. The van der Waals surface area contributed by atoms with Crippen LogP contribution in [0.2, 0.25) is 5.15 Å². The Balaban J connectivity index is 2.71. The van der Waals surface area contributed by atoms with Crippen molar-refractivity contribution >= 4 is 17.6 Å². The van der Waals surface area contributed by atoms with Crippen molar-refractivity contribution in [2.75, 3.05) is 0 Å². The van der Waals surface area contributed by atoms with Gasteiger partial charge in [-0.05, 0) is 31.9 Å². The summed E-state index contributed by atoms with van der Waals surface area (Å²) in [6.45, 7) is 4.07. The standard InChI is InChI=1S/C10H14ClNO2/c1-7(2)12-6-8(5-9(12)11)3-4-10(13)14/h5-7H,3-4H2,1-2H3,(H,13,14). The van der Waals surface area contributed by atoms with Gasteiger partial charge < -0.3 is 9.67 Å². The lowest BCUT2D eigenvalue weighted by Gasteiger charge is -2.07. The van der Waals surface area contributed by atoms with Gasteiger partial charge in [-0.15, -0.1) is 0 Å². The molecule has 0 saturated carbocycles. The summed E-state index contributed by atoms with van der Waals surface area (Å²) < 4.78 is 1.93. The Morgan fingerprint density at radius 2 is 2.29 bits per heavy atom. The predicted octanol–water partition coefficient (Wildman–Crippen LogP) is 2.74. The van der Waals surface area contributed by atoms with Crippen LogP contribution in [0.15, 0.2) is 12.3 Å². The van der Waals surface area contributed by atoms with E-state index in [9.17, 15) is 4.79 Å². The van der Waals surface area contributed by atoms with Gasteiger partial charge in [0.15, 0.2) is 0 Å². The largest absolute Gasteiger partial charge is 0.481 e. The molecule has 0 atom stereocenters. The average molecular weight is 216 g/mol. The average Bonchev–Trinajstić information content (AvgIpc) is 2.43. The molecule has 4 heteroatoms. The normalized spacial score (nSPS) is 10.9. The van der Waals surface area contributed by atoms with E-state index in [1.807, 2.05) is 30.7 Å². The van der Waals surface area contributed by atoms with Crippen LogP contribution in [0.4, 0.5) is 0 Å². The number of nitrogens with zero attached hydrogens (tertiary/aromatic N) is 1. The first kappa shape index (κ1) is 11.1. The summed E-state index contributed by atoms with van der Waals surface area (Å²) in [6.07, 6.45) is 2.60. The van der Waals surface area contributed by atoms with Gasteiger partial charge in [-0.2, -0.15) is 0 Å². The fourth-order valence-electron chi connectivity index (χ4n) is 1.29. The summed E-state index contributed by atoms with van der Waals surface area (Å²) in [5.74, 6) is -0.779. The third-order valence-corrected chi connectivity index (χ3v) is 2.34. The molecule has 1 aromatic heterocycles. The Morgan fingerprint density at radius 3 is 2.71 bits per heavy atom. The number of rotatable bonds is 4. The molecule has 3 nitrogen and oxygen atoms in total. The van der Waals surface area contributed by atoms with Gasteiger partial charge in [-0.25, -0.2) is 0 Å². The minimum Gasteiger partial charge on any atom is -0.481 e. The van der Waals surface area contributed by atoms with Crippen molar-refractivity contribution in [1.82, 2.24) is 4.57 Å². The maximum Gasteiger partial charge on any atom is 0.303 e. The molecule has 0 aliphatic heterocycles. The van der Waals surface area contributed by atoms with Crippen molar-refractivity contribution in [3.8, 4) is 0 Å². The second-order valence-electron chi connectivity index (χ2n) is 3.57. The molecular weight excluding hydrogens is 202 g/mol. The molecule has 1 heterocycles. The zero-order valence-corrected chi connectivity index (χ0v) is 9.08. The molecule has 0 aromatic carbocycles. The molecule has 0 saturated heterocycles. The number of hydrogen-bond acceptors (Lipinski definition) is 1. The van der Waals surface area contributed by atoms with E-state index in [1.54, 1.807) is 0 Å². The van der Waals surface area contributed by atoms with E-state index in [1.165, 1.54) is 0 Å². The fraction of sp³-hybridized carbons (Fsp3) is 0.500. The minimum atomic E-state index is -0.779. The van der Waals surface area contributed by atoms with Gasteiger partial charge >= 0.3 is 5.97 Å². The molecule has 1 N–H and O–H groups in total. The molecule has 0 aliphatic rings. The SMILES string of the molecule is CC(C)n1cc(CCC(=O)O)cc1Cl. The second kappa shape index (κ2) is 4.51. The van der Waals surface area contributed by atoms with Gasteiger partial charge in [0, 0.05) is 18.7 Å². The maximum absolute atomic E-state index is 10.4. The molecule has 0 spiro atoms. The number of carboxylic acid groups (broad SMARTS) is 1. The highest BCUT2D eigenvalue weighted by Crippen LogP contribution is 2.20. The lowest BCUT2D eigenvalue weighted by atomic mass is 10.2. The van der Waals surface area contributed by atoms with E-state index in [-0.39, 0.29) is 6.42 Å². The summed E-state index contributed by atoms with van der Waals surface area (Å²) in [6, 6.07) is 2.13. The maximum atomic E-state index is 10.4. The van der Waals surface area contributed by atoms with E-state index in [0.717, 1.165) is 5.56 Å². The third-order valence-electron chi connectivity index (χ3n) is 2.04. The summed E-state index contributed by atoms with van der Waals surface area (Å²) in [5.41, 5.74) is 0.978. The van der Waals surface area contributed by atoms with Gasteiger partial charge in [0.25, 0.3) is 0 Å². The van der Waals surface area contributed by atoms with E-state index in [4.69, 9.17) is 16.7 Å². The van der Waals surface area contributed by atoms with Crippen molar-refractivity contribution in [2.24, 2.45) is 0 Å². The van der Waals surface area contributed by atoms with Crippen LogP contribution < -0.4 is 0 Å². The van der Waals surface area contributed by atoms with Crippen LogP contribution in [-0.2, 0) is 11.2 Å². The number of hydrogen-bond donors (Lipinski definition) is 1. The highest BCUT2D eigenvalue weighted by atomic mass is 35.5. The Labute approximate surface area is 88.3 Å². The van der Waals surface area contributed by atoms with E-state index in [2.05, 4.69) is 0 Å². The van der Waals surface area contributed by atoms with Gasteiger partial charge in [0.2, 0.25) is 0 Å². The molecular formula is C10H14ClNO2. The van der Waals surface area contributed by atoms with Gasteiger partial charge in [-0.1, -0.05) is 11.6 Å². The monoisotopic (exact) mass is 215 g/mol. The smallest absolute Gasteiger partial charge is 0.303 e. The Bertz CT molecular complexity index is 331. The molecule has 0 amide bonds. The second-order valence-corrected chi connectivity index (χ2v) is 3.95. The number of carbonyl (C=O) groups is 1. The molecule has 1 rings (SSSR count). The van der Waals surface area contributed by atoms with E-state index >= 15 is 0 Å². The number of halogens is 1. The van der Waals surface area contributed by atoms with Crippen LogP contribution >= 0.6 is 11.6 Å². The van der Waals surface area contributed by atoms with Crippen molar-refractivity contribution < 1.29 is 9.90 Å². The van der Waals surface area contributed by atoms with Crippen LogP contribution in [0.1, 0.15) is 31.9 Å². The number of aliphatic carboxylic acids is 1. The molecule has 0 radical (unpaired) electrons. The predicted molar refractivity (Wildman–Crippen MR) is 55.8 cm³/mol. The minimum absolute atomic E-state index is 0.151. The topological polar surface area (TPSA) is 42.2 Å². The number of aromatic nitrogens is 1. The molecule has 78 valence electrons. The summed E-state index contributed by atoms with van der Waals surface area (Å²) in [7, 11) is 0. The summed E-state index contributed by atoms with van der Waals surface area (Å²) >= 11 is 5.97.